The Labute approximate surface area is 198 Å². The fourth-order valence-electron chi connectivity index (χ4n) is 2.88. The van der Waals surface area contributed by atoms with Gasteiger partial charge in [-0.1, -0.05) is 30.7 Å². The van der Waals surface area contributed by atoms with Crippen molar-refractivity contribution in [2.24, 2.45) is 0 Å². The maximum Gasteiger partial charge on any atom is 0.293 e. The molecule has 0 N–H and O–H groups in total. The van der Waals surface area contributed by atoms with Crippen LogP contribution < -0.4 is 9.47 Å². The Bertz CT molecular complexity index is 978. The van der Waals surface area contributed by atoms with E-state index in [2.05, 4.69) is 22.6 Å². The molecule has 3 rings (SSSR count). The van der Waals surface area contributed by atoms with Gasteiger partial charge in [0.05, 0.1) is 15.1 Å². The molecule has 30 heavy (non-hydrogen) atoms. The van der Waals surface area contributed by atoms with Gasteiger partial charge in [-0.2, -0.15) is 0 Å². The largest absolute Gasteiger partial charge is 0.490 e. The monoisotopic (exact) mass is 557 g/mol. The average Bonchev–Trinajstić information content (AvgIpc) is 2.97. The Morgan fingerprint density at radius 3 is 2.53 bits per heavy atom. The Morgan fingerprint density at radius 2 is 1.87 bits per heavy atom. The van der Waals surface area contributed by atoms with E-state index in [0.29, 0.717) is 41.2 Å². The number of amides is 2. The summed E-state index contributed by atoms with van der Waals surface area (Å²) in [6.45, 7) is 5.12. The van der Waals surface area contributed by atoms with Crippen molar-refractivity contribution in [2.75, 3.05) is 13.2 Å². The number of carbonyl (C=O) groups is 2. The molecule has 158 valence electrons. The Kier molecular flexibility index (Phi) is 8.07. The van der Waals surface area contributed by atoms with Gasteiger partial charge in [0.25, 0.3) is 11.1 Å². The molecule has 1 fully saturated rings. The quantitative estimate of drug-likeness (QED) is 0.279. The molecule has 2 amide bonds. The van der Waals surface area contributed by atoms with Crippen molar-refractivity contribution in [3.05, 3.63) is 61.0 Å². The highest BCUT2D eigenvalue weighted by molar-refractivity contribution is 14.1. The van der Waals surface area contributed by atoms with Crippen LogP contribution in [-0.2, 0) is 11.4 Å². The van der Waals surface area contributed by atoms with Crippen molar-refractivity contribution >= 4 is 63.2 Å². The zero-order chi connectivity index (χ0) is 21.7. The molecule has 0 bridgehead atoms. The van der Waals surface area contributed by atoms with Crippen LogP contribution in [0.4, 0.5) is 4.79 Å². The van der Waals surface area contributed by atoms with Crippen molar-refractivity contribution in [1.82, 2.24) is 4.90 Å². The third-order valence-corrected chi connectivity index (χ3v) is 6.21. The maximum atomic E-state index is 12.5. The molecule has 1 aliphatic rings. The zero-order valence-electron chi connectivity index (χ0n) is 16.6. The van der Waals surface area contributed by atoms with Crippen LogP contribution in [0.2, 0.25) is 5.02 Å². The topological polar surface area (TPSA) is 55.8 Å². The first-order valence-corrected chi connectivity index (χ1v) is 11.8. The fourth-order valence-corrected chi connectivity index (χ4v) is 4.65. The number of hydrogen-bond donors (Lipinski definition) is 0. The molecule has 0 unspecified atom stereocenters. The summed E-state index contributed by atoms with van der Waals surface area (Å²) in [5.74, 6) is 0.990. The van der Waals surface area contributed by atoms with Crippen molar-refractivity contribution in [1.29, 1.82) is 0 Å². The lowest BCUT2D eigenvalue weighted by atomic mass is 10.1. The normalized spacial score (nSPS) is 15.2. The molecule has 0 saturated carbocycles. The number of rotatable bonds is 8. The number of halogens is 2. The summed E-state index contributed by atoms with van der Waals surface area (Å²) in [6.07, 6.45) is 2.46. The smallest absolute Gasteiger partial charge is 0.293 e. The predicted molar refractivity (Wildman–Crippen MR) is 129 cm³/mol. The van der Waals surface area contributed by atoms with Gasteiger partial charge in [-0.15, -0.1) is 0 Å². The van der Waals surface area contributed by atoms with Crippen molar-refractivity contribution in [2.45, 2.75) is 26.9 Å². The standard InChI is InChI=1S/C22H21ClINO4S/c1-3-9-25-21(26)19(30-22(25)27)12-15-10-17(24)20(18(11-15)28-4-2)29-13-14-5-7-16(23)8-6-14/h5-8,10-12H,3-4,9,13H2,1-2H3/b19-12+. The van der Waals surface area contributed by atoms with Crippen molar-refractivity contribution in [3.8, 4) is 11.5 Å². The molecular formula is C22H21ClINO4S. The summed E-state index contributed by atoms with van der Waals surface area (Å²) in [7, 11) is 0. The minimum Gasteiger partial charge on any atom is -0.490 e. The lowest BCUT2D eigenvalue weighted by Gasteiger charge is -2.15. The third kappa shape index (κ3) is 5.50. The molecule has 1 aliphatic heterocycles. The van der Waals surface area contributed by atoms with Crippen LogP contribution in [0.5, 0.6) is 11.5 Å². The average molecular weight is 558 g/mol. The first kappa shape index (κ1) is 23.0. The van der Waals surface area contributed by atoms with Crippen LogP contribution >= 0.6 is 46.0 Å². The van der Waals surface area contributed by atoms with E-state index in [-0.39, 0.29) is 11.1 Å². The van der Waals surface area contributed by atoms with E-state index in [1.54, 1.807) is 6.08 Å². The minimum atomic E-state index is -0.247. The number of benzene rings is 2. The number of ether oxygens (including phenoxy) is 2. The second-order valence-corrected chi connectivity index (χ2v) is 9.10. The molecule has 1 saturated heterocycles. The van der Waals surface area contributed by atoms with Crippen molar-refractivity contribution < 1.29 is 19.1 Å². The Balaban J connectivity index is 1.85. The molecule has 2 aromatic carbocycles. The summed E-state index contributed by atoms with van der Waals surface area (Å²) < 4.78 is 12.7. The summed E-state index contributed by atoms with van der Waals surface area (Å²) >= 11 is 9.09. The van der Waals surface area contributed by atoms with Gasteiger partial charge in [0.15, 0.2) is 11.5 Å². The van der Waals surface area contributed by atoms with Gasteiger partial charge in [0.2, 0.25) is 0 Å². The lowest BCUT2D eigenvalue weighted by molar-refractivity contribution is -0.122. The Hall–Kier alpha value is -1.71. The molecule has 0 aliphatic carbocycles. The van der Waals surface area contributed by atoms with Gasteiger partial charge in [0.1, 0.15) is 6.61 Å². The van der Waals surface area contributed by atoms with Crippen LogP contribution in [0, 0.1) is 3.57 Å². The highest BCUT2D eigenvalue weighted by Crippen LogP contribution is 2.38. The summed E-state index contributed by atoms with van der Waals surface area (Å²) in [6, 6.07) is 11.2. The third-order valence-electron chi connectivity index (χ3n) is 4.25. The number of hydrogen-bond acceptors (Lipinski definition) is 5. The van der Waals surface area contributed by atoms with Gasteiger partial charge in [-0.25, -0.2) is 0 Å². The lowest BCUT2D eigenvalue weighted by Crippen LogP contribution is -2.28. The van der Waals surface area contributed by atoms with Crippen molar-refractivity contribution in [3.63, 3.8) is 0 Å². The first-order valence-electron chi connectivity index (χ1n) is 9.51. The molecule has 2 aromatic rings. The summed E-state index contributed by atoms with van der Waals surface area (Å²) in [5, 5.41) is 0.451. The van der Waals surface area contributed by atoms with Crippen LogP contribution in [0.1, 0.15) is 31.4 Å². The second kappa shape index (κ2) is 10.5. The SMILES string of the molecule is CCCN1C(=O)S/C(=C/c2cc(I)c(OCc3ccc(Cl)cc3)c(OCC)c2)C1=O. The van der Waals surface area contributed by atoms with Crippen LogP contribution in [0.25, 0.3) is 6.08 Å². The van der Waals surface area contributed by atoms with Crippen LogP contribution in [-0.4, -0.2) is 29.2 Å². The Morgan fingerprint density at radius 1 is 1.13 bits per heavy atom. The van der Waals surface area contributed by atoms with Gasteiger partial charge >= 0.3 is 0 Å². The highest BCUT2D eigenvalue weighted by Gasteiger charge is 2.34. The number of carbonyl (C=O) groups excluding carboxylic acids is 2. The molecule has 0 aromatic heterocycles. The van der Waals surface area contributed by atoms with E-state index in [1.165, 1.54) is 4.90 Å². The minimum absolute atomic E-state index is 0.226. The maximum absolute atomic E-state index is 12.5. The van der Waals surface area contributed by atoms with E-state index >= 15 is 0 Å². The fraction of sp³-hybridized carbons (Fsp3) is 0.273. The highest BCUT2D eigenvalue weighted by atomic mass is 127. The molecule has 0 atom stereocenters. The summed E-state index contributed by atoms with van der Waals surface area (Å²) in [5.41, 5.74) is 1.77. The molecule has 5 nitrogen and oxygen atoms in total. The van der Waals surface area contributed by atoms with E-state index in [4.69, 9.17) is 21.1 Å². The molecule has 1 heterocycles. The molecule has 0 spiro atoms. The second-order valence-electron chi connectivity index (χ2n) is 6.51. The number of thioether (sulfide) groups is 1. The van der Waals surface area contributed by atoms with Crippen LogP contribution in [0.15, 0.2) is 41.3 Å². The van der Waals surface area contributed by atoms with Crippen LogP contribution in [0.3, 0.4) is 0 Å². The van der Waals surface area contributed by atoms with Gasteiger partial charge in [0, 0.05) is 11.6 Å². The van der Waals surface area contributed by atoms with E-state index in [1.807, 2.05) is 50.2 Å². The van der Waals surface area contributed by atoms with Gasteiger partial charge in [-0.05, 0) is 89.2 Å². The van der Waals surface area contributed by atoms with Gasteiger partial charge < -0.3 is 9.47 Å². The van der Waals surface area contributed by atoms with E-state index in [0.717, 1.165) is 32.9 Å². The first-order chi connectivity index (χ1) is 14.4. The molecule has 0 radical (unpaired) electrons. The number of nitrogens with zero attached hydrogens (tertiary/aromatic N) is 1. The predicted octanol–water partition coefficient (Wildman–Crippen LogP) is 6.37. The molecular weight excluding hydrogens is 537 g/mol. The van der Waals surface area contributed by atoms with Gasteiger partial charge in [-0.3, -0.25) is 14.5 Å². The summed E-state index contributed by atoms with van der Waals surface area (Å²) in [4.78, 5) is 26.3. The van der Waals surface area contributed by atoms with E-state index < -0.39 is 0 Å². The van der Waals surface area contributed by atoms with E-state index in [9.17, 15) is 9.59 Å². The molecule has 8 heteroatoms. The number of imide groups is 1. The zero-order valence-corrected chi connectivity index (χ0v) is 20.3.